The molecule has 3 aromatic rings. The maximum atomic E-state index is 12.4. The lowest BCUT2D eigenvalue weighted by atomic mass is 10.1. The fraction of sp³-hybridized carbons (Fsp3) is 0.0625. The van der Waals surface area contributed by atoms with E-state index in [0.717, 1.165) is 10.8 Å². The molecule has 3 rings (SSSR count). The smallest absolute Gasteiger partial charge is 0.261 e. The number of hydrogen-bond acceptors (Lipinski definition) is 4. The van der Waals surface area contributed by atoms with Gasteiger partial charge in [0, 0.05) is 6.07 Å². The van der Waals surface area contributed by atoms with Crippen molar-refractivity contribution < 1.29 is 13.2 Å². The van der Waals surface area contributed by atoms with Gasteiger partial charge in [-0.05, 0) is 29.0 Å². The van der Waals surface area contributed by atoms with Crippen LogP contribution in [0.2, 0.25) is 0 Å². The molecule has 0 bridgehead atoms. The number of methoxy groups -OCH3 is 1. The van der Waals surface area contributed by atoms with E-state index in [9.17, 15) is 8.42 Å². The highest BCUT2D eigenvalue weighted by molar-refractivity contribution is 7.92. The molecule has 1 heterocycles. The minimum atomic E-state index is -3.66. The summed E-state index contributed by atoms with van der Waals surface area (Å²) in [6, 6.07) is 15.8. The molecule has 0 radical (unpaired) electrons. The first-order valence-electron chi connectivity index (χ1n) is 6.60. The molecule has 0 aliphatic heterocycles. The third kappa shape index (κ3) is 2.87. The summed E-state index contributed by atoms with van der Waals surface area (Å²) < 4.78 is 32.3. The normalized spacial score (nSPS) is 11.3. The fourth-order valence-corrected chi connectivity index (χ4v) is 3.19. The van der Waals surface area contributed by atoms with Crippen LogP contribution in [0.15, 0.2) is 65.7 Å². The van der Waals surface area contributed by atoms with Crippen molar-refractivity contribution in [3.8, 4) is 5.88 Å². The van der Waals surface area contributed by atoms with E-state index in [1.807, 2.05) is 24.3 Å². The summed E-state index contributed by atoms with van der Waals surface area (Å²) in [5.74, 6) is 0.425. The van der Waals surface area contributed by atoms with Crippen molar-refractivity contribution in [3.63, 3.8) is 0 Å². The van der Waals surface area contributed by atoms with Crippen LogP contribution >= 0.6 is 0 Å². The van der Waals surface area contributed by atoms with Crippen LogP contribution < -0.4 is 9.46 Å². The van der Waals surface area contributed by atoms with Crippen LogP contribution in [0.5, 0.6) is 5.88 Å². The molecule has 22 heavy (non-hydrogen) atoms. The summed E-state index contributed by atoms with van der Waals surface area (Å²) in [6.07, 6.45) is 1.41. The molecule has 112 valence electrons. The van der Waals surface area contributed by atoms with Crippen molar-refractivity contribution in [3.05, 3.63) is 60.8 Å². The average molecular weight is 314 g/mol. The first-order chi connectivity index (χ1) is 10.6. The monoisotopic (exact) mass is 314 g/mol. The third-order valence-corrected chi connectivity index (χ3v) is 4.61. The van der Waals surface area contributed by atoms with Gasteiger partial charge in [-0.3, -0.25) is 4.72 Å². The zero-order chi connectivity index (χ0) is 15.6. The maximum absolute atomic E-state index is 12.4. The van der Waals surface area contributed by atoms with Crippen LogP contribution in [0.3, 0.4) is 0 Å². The van der Waals surface area contributed by atoms with Gasteiger partial charge in [-0.25, -0.2) is 13.4 Å². The van der Waals surface area contributed by atoms with E-state index in [-0.39, 0.29) is 4.90 Å². The van der Waals surface area contributed by atoms with Gasteiger partial charge in [0.2, 0.25) is 5.88 Å². The van der Waals surface area contributed by atoms with Crippen LogP contribution in [0.1, 0.15) is 0 Å². The molecule has 0 aliphatic carbocycles. The Morgan fingerprint density at radius 3 is 2.45 bits per heavy atom. The Morgan fingerprint density at radius 1 is 1.00 bits per heavy atom. The van der Waals surface area contributed by atoms with Crippen molar-refractivity contribution >= 4 is 26.5 Å². The number of rotatable bonds is 4. The van der Waals surface area contributed by atoms with Gasteiger partial charge >= 0.3 is 0 Å². The molecular formula is C16H14N2O3S. The molecule has 0 saturated heterocycles. The lowest BCUT2D eigenvalue weighted by Crippen LogP contribution is -2.13. The van der Waals surface area contributed by atoms with E-state index in [1.165, 1.54) is 13.3 Å². The van der Waals surface area contributed by atoms with Gasteiger partial charge in [-0.15, -0.1) is 0 Å². The Labute approximate surface area is 128 Å². The molecule has 5 nitrogen and oxygen atoms in total. The van der Waals surface area contributed by atoms with Crippen LogP contribution in [0, 0.1) is 0 Å². The van der Waals surface area contributed by atoms with E-state index in [2.05, 4.69) is 9.71 Å². The van der Waals surface area contributed by atoms with Gasteiger partial charge in [0.15, 0.2) is 0 Å². The lowest BCUT2D eigenvalue weighted by Gasteiger charge is -2.09. The topological polar surface area (TPSA) is 68.3 Å². The van der Waals surface area contributed by atoms with E-state index in [0.29, 0.717) is 11.6 Å². The van der Waals surface area contributed by atoms with E-state index >= 15 is 0 Å². The zero-order valence-corrected chi connectivity index (χ0v) is 12.7. The van der Waals surface area contributed by atoms with Gasteiger partial charge in [-0.2, -0.15) is 0 Å². The van der Waals surface area contributed by atoms with Crippen molar-refractivity contribution in [2.75, 3.05) is 11.8 Å². The van der Waals surface area contributed by atoms with Crippen molar-refractivity contribution in [1.82, 2.24) is 4.98 Å². The summed E-state index contributed by atoms with van der Waals surface area (Å²) in [5.41, 5.74) is 0.383. The highest BCUT2D eigenvalue weighted by Gasteiger charge is 2.14. The predicted octanol–water partition coefficient (Wildman–Crippen LogP) is 3.04. The molecule has 0 atom stereocenters. The Balaban J connectivity index is 1.93. The second-order valence-electron chi connectivity index (χ2n) is 4.70. The number of benzene rings is 2. The number of ether oxygens (including phenoxy) is 1. The van der Waals surface area contributed by atoms with Gasteiger partial charge in [0.1, 0.15) is 0 Å². The molecule has 0 amide bonds. The highest BCUT2D eigenvalue weighted by atomic mass is 32.2. The second-order valence-corrected chi connectivity index (χ2v) is 6.39. The van der Waals surface area contributed by atoms with E-state index < -0.39 is 10.0 Å². The number of hydrogen-bond donors (Lipinski definition) is 1. The average Bonchev–Trinajstić information content (AvgIpc) is 2.55. The fourth-order valence-electron chi connectivity index (χ4n) is 2.11. The molecule has 0 saturated carbocycles. The Morgan fingerprint density at radius 2 is 1.77 bits per heavy atom. The summed E-state index contributed by atoms with van der Waals surface area (Å²) in [7, 11) is -2.15. The second kappa shape index (κ2) is 5.65. The van der Waals surface area contributed by atoms with Crippen LogP contribution in [-0.2, 0) is 10.0 Å². The number of nitrogens with one attached hydrogen (secondary N) is 1. The number of anilines is 1. The number of fused-ring (bicyclic) bond motifs is 1. The van der Waals surface area contributed by atoms with Gasteiger partial charge in [0.25, 0.3) is 10.0 Å². The number of nitrogens with zero attached hydrogens (tertiary/aromatic N) is 1. The molecule has 6 heteroatoms. The Bertz CT molecular complexity index is 906. The number of sulfonamides is 1. The minimum absolute atomic E-state index is 0.210. The van der Waals surface area contributed by atoms with Crippen molar-refractivity contribution in [2.45, 2.75) is 4.90 Å². The largest absolute Gasteiger partial charge is 0.481 e. The molecule has 0 unspecified atom stereocenters. The predicted molar refractivity (Wildman–Crippen MR) is 85.5 cm³/mol. The maximum Gasteiger partial charge on any atom is 0.261 e. The van der Waals surface area contributed by atoms with Gasteiger partial charge in [0.05, 0.1) is 23.9 Å². The summed E-state index contributed by atoms with van der Waals surface area (Å²) in [5, 5.41) is 1.87. The van der Waals surface area contributed by atoms with Crippen molar-refractivity contribution in [1.29, 1.82) is 0 Å². The van der Waals surface area contributed by atoms with Crippen LogP contribution in [0.25, 0.3) is 10.8 Å². The zero-order valence-electron chi connectivity index (χ0n) is 11.9. The van der Waals surface area contributed by atoms with Crippen LogP contribution in [-0.4, -0.2) is 20.5 Å². The Hall–Kier alpha value is -2.60. The summed E-state index contributed by atoms with van der Waals surface area (Å²) in [4.78, 5) is 4.19. The highest BCUT2D eigenvalue weighted by Crippen LogP contribution is 2.21. The van der Waals surface area contributed by atoms with E-state index in [4.69, 9.17) is 4.74 Å². The quantitative estimate of drug-likeness (QED) is 0.803. The molecule has 2 aromatic carbocycles. The molecule has 0 aliphatic rings. The molecule has 0 spiro atoms. The number of pyridine rings is 1. The minimum Gasteiger partial charge on any atom is -0.481 e. The van der Waals surface area contributed by atoms with Crippen molar-refractivity contribution in [2.24, 2.45) is 0 Å². The van der Waals surface area contributed by atoms with Crippen LogP contribution in [0.4, 0.5) is 5.69 Å². The van der Waals surface area contributed by atoms with Gasteiger partial charge < -0.3 is 4.74 Å². The first-order valence-corrected chi connectivity index (χ1v) is 8.08. The molecule has 0 fully saturated rings. The third-order valence-electron chi connectivity index (χ3n) is 3.23. The Kier molecular flexibility index (Phi) is 3.68. The summed E-state index contributed by atoms with van der Waals surface area (Å²) in [6.45, 7) is 0. The molecule has 1 N–H and O–H groups in total. The standard InChI is InChI=1S/C16H14N2O3S/c1-21-16-9-7-14(11-17-16)18-22(19,20)15-8-6-12-4-2-3-5-13(12)10-15/h2-11,18H,1H3. The first kappa shape index (κ1) is 14.3. The molecule has 1 aromatic heterocycles. The van der Waals surface area contributed by atoms with Gasteiger partial charge in [-0.1, -0.05) is 30.3 Å². The molecular weight excluding hydrogens is 300 g/mol. The number of aromatic nitrogens is 1. The lowest BCUT2D eigenvalue weighted by molar-refractivity contribution is 0.398. The summed E-state index contributed by atoms with van der Waals surface area (Å²) >= 11 is 0. The van der Waals surface area contributed by atoms with E-state index in [1.54, 1.807) is 30.3 Å². The SMILES string of the molecule is COc1ccc(NS(=O)(=O)c2ccc3ccccc3c2)cn1.